The highest BCUT2D eigenvalue weighted by Gasteiger charge is 2.35. The number of anilines is 1. The van der Waals surface area contributed by atoms with E-state index in [9.17, 15) is 13.2 Å². The Labute approximate surface area is 118 Å². The van der Waals surface area contributed by atoms with E-state index in [4.69, 9.17) is 5.21 Å². The van der Waals surface area contributed by atoms with Crippen LogP contribution in [0.5, 0.6) is 0 Å². The Hall–Kier alpha value is -1.41. The summed E-state index contributed by atoms with van der Waals surface area (Å²) < 4.78 is 39.5. The second-order valence-corrected chi connectivity index (χ2v) is 5.41. The standard InChI is InChI=1S/C12H14F3N3OS/c13-12(14,15)10-7-9(16-8-17-19)1-2-11(10)18-3-5-20-6-4-18/h1-2,7-8,19H,3-6H2,(H,16,17). The van der Waals surface area contributed by atoms with Crippen molar-refractivity contribution in [3.63, 3.8) is 0 Å². The first-order chi connectivity index (χ1) is 9.52. The molecular formula is C12H14F3N3OS. The van der Waals surface area contributed by atoms with Crippen LogP contribution in [-0.4, -0.2) is 36.1 Å². The first-order valence-corrected chi connectivity index (χ1v) is 7.14. The van der Waals surface area contributed by atoms with Crippen molar-refractivity contribution in [1.82, 2.24) is 5.48 Å². The molecule has 1 fully saturated rings. The molecule has 1 aromatic carbocycles. The van der Waals surface area contributed by atoms with E-state index >= 15 is 0 Å². The van der Waals surface area contributed by atoms with Gasteiger partial charge in [0.2, 0.25) is 0 Å². The van der Waals surface area contributed by atoms with Crippen LogP contribution in [0.25, 0.3) is 0 Å². The van der Waals surface area contributed by atoms with E-state index in [2.05, 4.69) is 4.99 Å². The van der Waals surface area contributed by atoms with Crippen molar-refractivity contribution >= 4 is 29.5 Å². The Bertz CT molecular complexity index is 487. The summed E-state index contributed by atoms with van der Waals surface area (Å²) >= 11 is 1.74. The molecule has 2 N–H and O–H groups in total. The van der Waals surface area contributed by atoms with Crippen LogP contribution >= 0.6 is 11.8 Å². The molecule has 8 heteroatoms. The van der Waals surface area contributed by atoms with Gasteiger partial charge >= 0.3 is 6.18 Å². The summed E-state index contributed by atoms with van der Waals surface area (Å²) in [6, 6.07) is 3.92. The molecule has 0 aliphatic carbocycles. The third kappa shape index (κ3) is 3.57. The van der Waals surface area contributed by atoms with Crippen LogP contribution in [0.15, 0.2) is 23.2 Å². The number of hydroxylamine groups is 1. The summed E-state index contributed by atoms with van der Waals surface area (Å²) in [5.41, 5.74) is 1.29. The Morgan fingerprint density at radius 3 is 2.60 bits per heavy atom. The maximum absolute atomic E-state index is 13.2. The second-order valence-electron chi connectivity index (χ2n) is 4.19. The quantitative estimate of drug-likeness (QED) is 0.512. The van der Waals surface area contributed by atoms with Crippen LogP contribution in [0.3, 0.4) is 0 Å². The number of benzene rings is 1. The van der Waals surface area contributed by atoms with Gasteiger partial charge in [-0.15, -0.1) is 0 Å². The van der Waals surface area contributed by atoms with Gasteiger partial charge in [-0.1, -0.05) is 0 Å². The van der Waals surface area contributed by atoms with Gasteiger partial charge in [0, 0.05) is 30.3 Å². The molecule has 2 rings (SSSR count). The Kier molecular flexibility index (Phi) is 4.77. The van der Waals surface area contributed by atoms with Crippen LogP contribution in [0.2, 0.25) is 0 Å². The van der Waals surface area contributed by atoms with Crippen molar-refractivity contribution < 1.29 is 18.4 Å². The first kappa shape index (κ1) is 15.0. The summed E-state index contributed by atoms with van der Waals surface area (Å²) in [7, 11) is 0. The smallest absolute Gasteiger partial charge is 0.369 e. The van der Waals surface area contributed by atoms with E-state index in [-0.39, 0.29) is 11.4 Å². The number of alkyl halides is 3. The molecule has 0 saturated carbocycles. The number of thioether (sulfide) groups is 1. The lowest BCUT2D eigenvalue weighted by Crippen LogP contribution is -2.34. The lowest BCUT2D eigenvalue weighted by molar-refractivity contribution is -0.137. The normalized spacial score (nSPS) is 16.7. The molecule has 1 aliphatic rings. The Morgan fingerprint density at radius 2 is 2.00 bits per heavy atom. The highest BCUT2D eigenvalue weighted by molar-refractivity contribution is 7.99. The fourth-order valence-corrected chi connectivity index (χ4v) is 2.92. The zero-order chi connectivity index (χ0) is 14.6. The summed E-state index contributed by atoms with van der Waals surface area (Å²) in [4.78, 5) is 5.42. The van der Waals surface area contributed by atoms with Gasteiger partial charge in [0.05, 0.1) is 11.3 Å². The van der Waals surface area contributed by atoms with Gasteiger partial charge in [0.25, 0.3) is 0 Å². The van der Waals surface area contributed by atoms with Crippen molar-refractivity contribution in [2.75, 3.05) is 29.5 Å². The van der Waals surface area contributed by atoms with Crippen LogP contribution in [0.1, 0.15) is 5.56 Å². The number of hydrogen-bond donors (Lipinski definition) is 2. The first-order valence-electron chi connectivity index (χ1n) is 5.98. The number of hydrogen-bond acceptors (Lipinski definition) is 4. The Morgan fingerprint density at radius 1 is 1.30 bits per heavy atom. The number of rotatable bonds is 3. The molecule has 1 aliphatic heterocycles. The van der Waals surface area contributed by atoms with Gasteiger partial charge in [0.1, 0.15) is 6.34 Å². The van der Waals surface area contributed by atoms with E-state index in [1.807, 2.05) is 0 Å². The highest BCUT2D eigenvalue weighted by Crippen LogP contribution is 2.39. The molecule has 0 radical (unpaired) electrons. The molecule has 20 heavy (non-hydrogen) atoms. The average molecular weight is 305 g/mol. The summed E-state index contributed by atoms with van der Waals surface area (Å²) in [5, 5.41) is 8.38. The molecule has 0 bridgehead atoms. The molecule has 4 nitrogen and oxygen atoms in total. The van der Waals surface area contributed by atoms with Crippen molar-refractivity contribution in [1.29, 1.82) is 0 Å². The second kappa shape index (κ2) is 6.36. The molecule has 0 spiro atoms. The molecule has 1 heterocycles. The van der Waals surface area contributed by atoms with Crippen LogP contribution in [-0.2, 0) is 6.18 Å². The van der Waals surface area contributed by atoms with Crippen molar-refractivity contribution in [2.24, 2.45) is 4.99 Å². The SMILES string of the molecule is ONC=Nc1ccc(N2CCSCC2)c(C(F)(F)F)c1. The maximum atomic E-state index is 13.2. The summed E-state index contributed by atoms with van der Waals surface area (Å²) in [5.74, 6) is 1.65. The maximum Gasteiger partial charge on any atom is 0.418 e. The van der Waals surface area contributed by atoms with E-state index in [1.165, 1.54) is 12.1 Å². The van der Waals surface area contributed by atoms with Crippen molar-refractivity contribution in [3.8, 4) is 0 Å². The van der Waals surface area contributed by atoms with Crippen molar-refractivity contribution in [2.45, 2.75) is 6.18 Å². The van der Waals surface area contributed by atoms with Crippen LogP contribution in [0.4, 0.5) is 24.5 Å². The van der Waals surface area contributed by atoms with Crippen molar-refractivity contribution in [3.05, 3.63) is 23.8 Å². The zero-order valence-corrected chi connectivity index (χ0v) is 11.3. The molecule has 0 amide bonds. The zero-order valence-electron chi connectivity index (χ0n) is 10.5. The fourth-order valence-electron chi connectivity index (χ4n) is 2.01. The number of aliphatic imine (C=N–C) groups is 1. The molecular weight excluding hydrogens is 291 g/mol. The molecule has 110 valence electrons. The van der Waals surface area contributed by atoms with Gasteiger partial charge in [-0.2, -0.15) is 24.9 Å². The number of nitrogens with one attached hydrogen (secondary N) is 1. The third-order valence-electron chi connectivity index (χ3n) is 2.91. The van der Waals surface area contributed by atoms with E-state index in [0.29, 0.717) is 13.1 Å². The van der Waals surface area contributed by atoms with E-state index in [0.717, 1.165) is 23.9 Å². The van der Waals surface area contributed by atoms with Gasteiger partial charge in [0.15, 0.2) is 0 Å². The molecule has 0 unspecified atom stereocenters. The Balaban J connectivity index is 2.37. The number of halogens is 3. The molecule has 0 aromatic heterocycles. The summed E-state index contributed by atoms with van der Waals surface area (Å²) in [6.07, 6.45) is -3.51. The molecule has 0 atom stereocenters. The lowest BCUT2D eigenvalue weighted by atomic mass is 10.1. The van der Waals surface area contributed by atoms with Gasteiger partial charge in [-0.3, -0.25) is 10.7 Å². The molecule has 1 saturated heterocycles. The minimum atomic E-state index is -4.43. The van der Waals surface area contributed by atoms with E-state index in [1.54, 1.807) is 22.1 Å². The minimum absolute atomic E-state index is 0.133. The van der Waals surface area contributed by atoms with Gasteiger partial charge in [-0.25, -0.2) is 4.99 Å². The predicted molar refractivity (Wildman–Crippen MR) is 74.1 cm³/mol. The fraction of sp³-hybridized carbons (Fsp3) is 0.417. The largest absolute Gasteiger partial charge is 0.418 e. The minimum Gasteiger partial charge on any atom is -0.369 e. The van der Waals surface area contributed by atoms with Gasteiger partial charge in [-0.05, 0) is 18.2 Å². The van der Waals surface area contributed by atoms with Crippen LogP contribution < -0.4 is 10.4 Å². The van der Waals surface area contributed by atoms with Gasteiger partial charge < -0.3 is 4.90 Å². The monoisotopic (exact) mass is 305 g/mol. The number of nitrogens with zero attached hydrogens (tertiary/aromatic N) is 2. The topological polar surface area (TPSA) is 47.9 Å². The van der Waals surface area contributed by atoms with E-state index < -0.39 is 11.7 Å². The highest BCUT2D eigenvalue weighted by atomic mass is 32.2. The lowest BCUT2D eigenvalue weighted by Gasteiger charge is -2.30. The average Bonchev–Trinajstić information content (AvgIpc) is 2.45. The third-order valence-corrected chi connectivity index (χ3v) is 3.85. The van der Waals surface area contributed by atoms with Crippen LogP contribution in [0, 0.1) is 0 Å². The predicted octanol–water partition coefficient (Wildman–Crippen LogP) is 2.90. The molecule has 1 aromatic rings. The summed E-state index contributed by atoms with van der Waals surface area (Å²) in [6.45, 7) is 1.21.